The van der Waals surface area contributed by atoms with Crippen LogP contribution in [0.5, 0.6) is 17.2 Å². The third-order valence-corrected chi connectivity index (χ3v) is 5.44. The smallest absolute Gasteiger partial charge is 0.346 e. The van der Waals surface area contributed by atoms with Crippen LogP contribution in [0.25, 0.3) is 0 Å². The molecule has 2 amide bonds. The second kappa shape index (κ2) is 13.6. The van der Waals surface area contributed by atoms with Gasteiger partial charge in [0.25, 0.3) is 17.5 Å². The summed E-state index contributed by atoms with van der Waals surface area (Å²) in [5, 5.41) is 16.4. The van der Waals surface area contributed by atoms with Crippen molar-refractivity contribution in [2.75, 3.05) is 17.7 Å². The second-order valence-electron chi connectivity index (χ2n) is 8.59. The van der Waals surface area contributed by atoms with Gasteiger partial charge >= 0.3 is 5.97 Å². The molecule has 0 radical (unpaired) electrons. The van der Waals surface area contributed by atoms with Gasteiger partial charge in [-0.3, -0.25) is 19.7 Å². The van der Waals surface area contributed by atoms with E-state index < -0.39 is 41.0 Å². The minimum absolute atomic E-state index is 0.151. The van der Waals surface area contributed by atoms with Crippen molar-refractivity contribution < 1.29 is 38.3 Å². The van der Waals surface area contributed by atoms with Crippen LogP contribution in [0.1, 0.15) is 20.8 Å². The average Bonchev–Trinajstić information content (AvgIpc) is 2.93. The lowest BCUT2D eigenvalue weighted by Crippen LogP contribution is -2.31. The van der Waals surface area contributed by atoms with Crippen LogP contribution in [0.3, 0.4) is 0 Å². The molecule has 0 bridgehead atoms. The number of nitrogens with one attached hydrogen (secondary N) is 2. The monoisotopic (exact) mass is 551 g/mol. The van der Waals surface area contributed by atoms with Crippen LogP contribution >= 0.6 is 0 Å². The summed E-state index contributed by atoms with van der Waals surface area (Å²) in [5.74, 6) is -0.569. The minimum atomic E-state index is -0.952. The molecule has 3 aromatic rings. The number of amides is 2. The van der Waals surface area contributed by atoms with E-state index in [0.717, 1.165) is 0 Å². The number of carbonyl (C=O) groups excluding carboxylic acids is 3. The van der Waals surface area contributed by atoms with Crippen LogP contribution in [0.4, 0.5) is 17.1 Å². The van der Waals surface area contributed by atoms with Crippen LogP contribution in [0, 0.1) is 10.1 Å². The summed E-state index contributed by atoms with van der Waals surface area (Å²) in [4.78, 5) is 47.3. The lowest BCUT2D eigenvalue weighted by Gasteiger charge is -2.17. The number of benzene rings is 3. The zero-order valence-corrected chi connectivity index (χ0v) is 22.3. The van der Waals surface area contributed by atoms with E-state index in [-0.39, 0.29) is 11.4 Å². The topological polar surface area (TPSA) is 155 Å². The quantitative estimate of drug-likeness (QED) is 0.190. The van der Waals surface area contributed by atoms with Crippen LogP contribution in [-0.4, -0.2) is 48.1 Å². The van der Waals surface area contributed by atoms with Crippen molar-refractivity contribution in [3.63, 3.8) is 0 Å². The zero-order chi connectivity index (χ0) is 29.2. The number of ether oxygens (including phenoxy) is 4. The lowest BCUT2D eigenvalue weighted by molar-refractivity contribution is -0.384. The highest BCUT2D eigenvalue weighted by Gasteiger charge is 2.19. The first-order valence-electron chi connectivity index (χ1n) is 12.2. The molecule has 0 aliphatic carbocycles. The number of nitro groups is 1. The van der Waals surface area contributed by atoms with Crippen molar-refractivity contribution in [1.82, 2.24) is 0 Å². The molecule has 0 aliphatic rings. The van der Waals surface area contributed by atoms with Gasteiger partial charge in [-0.15, -0.1) is 0 Å². The first-order valence-corrected chi connectivity index (χ1v) is 12.2. The molecule has 0 saturated carbocycles. The first-order chi connectivity index (χ1) is 19.0. The van der Waals surface area contributed by atoms with E-state index in [0.29, 0.717) is 22.9 Å². The van der Waals surface area contributed by atoms with Crippen LogP contribution in [0.15, 0.2) is 72.8 Å². The van der Waals surface area contributed by atoms with E-state index in [1.54, 1.807) is 62.4 Å². The minimum Gasteiger partial charge on any atom is -0.481 e. The van der Waals surface area contributed by atoms with E-state index in [2.05, 4.69) is 15.4 Å². The van der Waals surface area contributed by atoms with Crippen molar-refractivity contribution in [1.29, 1.82) is 0 Å². The number of hydrogen-bond donors (Lipinski definition) is 2. The number of nitrogens with zero attached hydrogens (tertiary/aromatic N) is 1. The van der Waals surface area contributed by atoms with Crippen LogP contribution < -0.4 is 24.8 Å². The molecule has 40 heavy (non-hydrogen) atoms. The van der Waals surface area contributed by atoms with Crippen LogP contribution in [0.2, 0.25) is 0 Å². The summed E-state index contributed by atoms with van der Waals surface area (Å²) < 4.78 is 21.5. The van der Waals surface area contributed by atoms with Crippen molar-refractivity contribution in [3.8, 4) is 17.2 Å². The standard InChI is InChI=1S/C28H29N3O9/c1-17(26(32)30-21-9-6-12-24(15-21)40-19(3)28(34)37-4)38-23-11-5-8-20(14-23)29-27(33)18(2)39-25-13-7-10-22(16-25)31(35)36/h5-19H,1-4H3,(H,29,33)(H,30,32)/t17-,18-,19-/m1/s1. The van der Waals surface area contributed by atoms with Gasteiger partial charge in [-0.25, -0.2) is 4.79 Å². The molecule has 0 aromatic heterocycles. The SMILES string of the molecule is COC(=O)[C@@H](C)Oc1cccc(NC(=O)[C@@H](C)Oc2cccc(NC(=O)[C@@H](C)Oc3cccc([N+](=O)[O-])c3)c2)c1. The predicted molar refractivity (Wildman–Crippen MR) is 146 cm³/mol. The Kier molecular flexibility index (Phi) is 10.0. The summed E-state index contributed by atoms with van der Waals surface area (Å²) in [7, 11) is 1.27. The van der Waals surface area contributed by atoms with E-state index >= 15 is 0 Å². The Morgan fingerprint density at radius 3 is 1.57 bits per heavy atom. The fourth-order valence-electron chi connectivity index (χ4n) is 3.39. The molecule has 3 aromatic carbocycles. The molecule has 210 valence electrons. The lowest BCUT2D eigenvalue weighted by atomic mass is 10.2. The Labute approximate surface area is 230 Å². The summed E-state index contributed by atoms with van der Waals surface area (Å²) in [6, 6.07) is 18.5. The van der Waals surface area contributed by atoms with Gasteiger partial charge in [0.05, 0.1) is 18.1 Å². The van der Waals surface area contributed by atoms with Crippen molar-refractivity contribution >= 4 is 34.8 Å². The molecule has 3 atom stereocenters. The molecule has 0 unspecified atom stereocenters. The summed E-state index contributed by atoms with van der Waals surface area (Å²) in [6.07, 6.45) is -2.67. The number of methoxy groups -OCH3 is 1. The summed E-state index contributed by atoms with van der Waals surface area (Å²) in [5.41, 5.74) is 0.685. The highest BCUT2D eigenvalue weighted by atomic mass is 16.6. The van der Waals surface area contributed by atoms with Crippen molar-refractivity contribution in [2.45, 2.75) is 39.1 Å². The largest absolute Gasteiger partial charge is 0.481 e. The molecule has 3 rings (SSSR count). The number of non-ortho nitro benzene ring substituents is 1. The van der Waals surface area contributed by atoms with Gasteiger partial charge in [0.15, 0.2) is 18.3 Å². The van der Waals surface area contributed by atoms with E-state index in [1.165, 1.54) is 38.3 Å². The zero-order valence-electron chi connectivity index (χ0n) is 22.3. The van der Waals surface area contributed by atoms with Gasteiger partial charge in [0, 0.05) is 29.6 Å². The Morgan fingerprint density at radius 2 is 1.12 bits per heavy atom. The highest BCUT2D eigenvalue weighted by Crippen LogP contribution is 2.23. The molecule has 2 N–H and O–H groups in total. The Morgan fingerprint density at radius 1 is 0.700 bits per heavy atom. The summed E-state index contributed by atoms with van der Waals surface area (Å²) >= 11 is 0. The van der Waals surface area contributed by atoms with E-state index in [1.807, 2.05) is 0 Å². The molecule has 0 heterocycles. The molecule has 0 saturated heterocycles. The maximum absolute atomic E-state index is 12.7. The highest BCUT2D eigenvalue weighted by molar-refractivity contribution is 5.95. The van der Waals surface area contributed by atoms with Crippen molar-refractivity contribution in [3.05, 3.63) is 82.9 Å². The summed E-state index contributed by atoms with van der Waals surface area (Å²) in [6.45, 7) is 4.63. The molecule has 0 spiro atoms. The normalized spacial score (nSPS) is 12.7. The number of esters is 1. The maximum Gasteiger partial charge on any atom is 0.346 e. The number of nitro benzene ring substituents is 1. The Bertz CT molecular complexity index is 1380. The third kappa shape index (κ3) is 8.45. The maximum atomic E-state index is 12.7. The first kappa shape index (κ1) is 29.4. The molecular weight excluding hydrogens is 522 g/mol. The average molecular weight is 552 g/mol. The fraction of sp³-hybridized carbons (Fsp3) is 0.250. The van der Waals surface area contributed by atoms with Gasteiger partial charge < -0.3 is 29.6 Å². The van der Waals surface area contributed by atoms with Crippen LogP contribution in [-0.2, 0) is 19.1 Å². The Hall–Kier alpha value is -5.13. The van der Waals surface area contributed by atoms with Gasteiger partial charge in [0.2, 0.25) is 0 Å². The second-order valence-corrected chi connectivity index (χ2v) is 8.59. The predicted octanol–water partition coefficient (Wildman–Crippen LogP) is 4.35. The Balaban J connectivity index is 1.56. The number of carbonyl (C=O) groups is 3. The molecule has 0 fully saturated rings. The van der Waals surface area contributed by atoms with E-state index in [4.69, 9.17) is 14.2 Å². The van der Waals surface area contributed by atoms with Gasteiger partial charge in [-0.2, -0.15) is 0 Å². The van der Waals surface area contributed by atoms with Gasteiger partial charge in [0.1, 0.15) is 17.2 Å². The number of rotatable bonds is 12. The fourth-order valence-corrected chi connectivity index (χ4v) is 3.39. The third-order valence-electron chi connectivity index (χ3n) is 5.44. The number of anilines is 2. The molecule has 0 aliphatic heterocycles. The molecule has 12 heteroatoms. The van der Waals surface area contributed by atoms with E-state index in [9.17, 15) is 24.5 Å². The molecule has 12 nitrogen and oxygen atoms in total. The van der Waals surface area contributed by atoms with Crippen molar-refractivity contribution in [2.24, 2.45) is 0 Å². The van der Waals surface area contributed by atoms with Gasteiger partial charge in [-0.05, 0) is 51.1 Å². The number of hydrogen-bond acceptors (Lipinski definition) is 9. The molecular formula is C28H29N3O9. The van der Waals surface area contributed by atoms with Gasteiger partial charge in [-0.1, -0.05) is 18.2 Å².